The summed E-state index contributed by atoms with van der Waals surface area (Å²) in [6.45, 7) is 12.8. The lowest BCUT2D eigenvalue weighted by atomic mass is 9.89. The van der Waals surface area contributed by atoms with E-state index < -0.39 is 18.1 Å². The van der Waals surface area contributed by atoms with Gasteiger partial charge in [-0.15, -0.1) is 0 Å². The SMILES string of the molecule is CCCCCCCCC=CCCCCCCCC(=O)OCC(COC(=O)CCCCCCCCCCCCCCCCC)OC(=O)CCCCCCCC=CCCCCCCC(C(=O)OC(C)COC(=O)CCCCCCCCCCCCCCCCC)C(C)COC(=O)CCCCCCCCCCCCCCCCC. The first-order valence-corrected chi connectivity index (χ1v) is 48.8. The third kappa shape index (κ3) is 82.6. The first-order chi connectivity index (χ1) is 54.5. The van der Waals surface area contributed by atoms with Crippen molar-refractivity contribution < 1.29 is 57.2 Å². The molecule has 652 valence electrons. The number of hydrogen-bond acceptors (Lipinski definition) is 12. The summed E-state index contributed by atoms with van der Waals surface area (Å²) in [6.07, 6.45) is 93.6. The molecular weight excluding hydrogens is 1380 g/mol. The maximum Gasteiger partial charge on any atom is 0.309 e. The van der Waals surface area contributed by atoms with Crippen LogP contribution in [0.2, 0.25) is 0 Å². The molecule has 0 aliphatic carbocycles. The summed E-state index contributed by atoms with van der Waals surface area (Å²) in [6, 6.07) is 0. The van der Waals surface area contributed by atoms with Crippen molar-refractivity contribution in [2.24, 2.45) is 11.8 Å². The van der Waals surface area contributed by atoms with E-state index in [0.717, 1.165) is 154 Å². The Hall–Kier alpha value is -3.70. The van der Waals surface area contributed by atoms with Crippen LogP contribution < -0.4 is 0 Å². The second kappa shape index (κ2) is 88.7. The topological polar surface area (TPSA) is 158 Å². The molecule has 0 radical (unpaired) electrons. The zero-order chi connectivity index (χ0) is 80.7. The smallest absolute Gasteiger partial charge is 0.309 e. The van der Waals surface area contributed by atoms with Crippen LogP contribution in [0.4, 0.5) is 0 Å². The van der Waals surface area contributed by atoms with Crippen LogP contribution in [-0.4, -0.2) is 74.5 Å². The Bertz CT molecular complexity index is 2070. The van der Waals surface area contributed by atoms with Crippen LogP contribution in [0.25, 0.3) is 0 Å². The molecule has 111 heavy (non-hydrogen) atoms. The van der Waals surface area contributed by atoms with Crippen molar-refractivity contribution in [2.45, 2.75) is 535 Å². The van der Waals surface area contributed by atoms with Crippen molar-refractivity contribution in [1.82, 2.24) is 0 Å². The normalized spacial score (nSPS) is 12.7. The molecule has 4 unspecified atom stereocenters. The number of allylic oxidation sites excluding steroid dienone is 4. The number of carbonyl (C=O) groups is 6. The number of rotatable bonds is 90. The molecule has 0 saturated carbocycles. The van der Waals surface area contributed by atoms with Gasteiger partial charge in [-0.05, 0) is 96.8 Å². The summed E-state index contributed by atoms with van der Waals surface area (Å²) in [5.74, 6) is -2.34. The molecule has 12 heteroatoms. The van der Waals surface area contributed by atoms with Crippen molar-refractivity contribution in [3.63, 3.8) is 0 Å². The lowest BCUT2D eigenvalue weighted by Gasteiger charge is -2.24. The van der Waals surface area contributed by atoms with Crippen LogP contribution in [-0.2, 0) is 57.2 Å². The van der Waals surface area contributed by atoms with E-state index in [1.807, 2.05) is 6.92 Å². The van der Waals surface area contributed by atoms with Gasteiger partial charge >= 0.3 is 35.8 Å². The molecule has 12 nitrogen and oxygen atoms in total. The zero-order valence-corrected chi connectivity index (χ0v) is 74.4. The summed E-state index contributed by atoms with van der Waals surface area (Å²) >= 11 is 0. The Kier molecular flexibility index (Phi) is 85.7. The third-order valence-electron chi connectivity index (χ3n) is 22.6. The number of carbonyl (C=O) groups excluding carboxylic acids is 6. The van der Waals surface area contributed by atoms with Gasteiger partial charge in [-0.2, -0.15) is 0 Å². The van der Waals surface area contributed by atoms with Crippen molar-refractivity contribution in [3.05, 3.63) is 24.3 Å². The second-order valence-electron chi connectivity index (χ2n) is 33.9. The van der Waals surface area contributed by atoms with Gasteiger partial charge in [0.1, 0.15) is 25.9 Å². The molecule has 0 aromatic carbocycles. The van der Waals surface area contributed by atoms with E-state index in [1.165, 1.54) is 283 Å². The molecule has 4 atom stereocenters. The van der Waals surface area contributed by atoms with Crippen LogP contribution in [0.15, 0.2) is 24.3 Å². The molecule has 0 bridgehead atoms. The second-order valence-corrected chi connectivity index (χ2v) is 33.9. The quantitative estimate of drug-likeness (QED) is 0.0246. The van der Waals surface area contributed by atoms with E-state index >= 15 is 0 Å². The monoisotopic (exact) mass is 1570 g/mol. The summed E-state index contributed by atoms with van der Waals surface area (Å²) in [5, 5.41) is 0. The molecule has 0 N–H and O–H groups in total. The highest BCUT2D eigenvalue weighted by molar-refractivity contribution is 5.74. The Labute approximate surface area is 687 Å². The molecular formula is C99H184O12. The Balaban J connectivity index is 4.95. The molecule has 0 amide bonds. The average molecular weight is 1570 g/mol. The van der Waals surface area contributed by atoms with Crippen LogP contribution in [0, 0.1) is 11.8 Å². The molecule has 0 heterocycles. The van der Waals surface area contributed by atoms with E-state index in [-0.39, 0.29) is 74.6 Å². The fraction of sp³-hybridized carbons (Fsp3) is 0.899. The highest BCUT2D eigenvalue weighted by atomic mass is 16.6. The summed E-state index contributed by atoms with van der Waals surface area (Å²) in [4.78, 5) is 78.3. The van der Waals surface area contributed by atoms with Gasteiger partial charge < -0.3 is 28.4 Å². The van der Waals surface area contributed by atoms with Gasteiger partial charge in [-0.25, -0.2) is 0 Å². The van der Waals surface area contributed by atoms with E-state index in [4.69, 9.17) is 28.4 Å². The number of unbranched alkanes of at least 4 members (excludes halogenated alkanes) is 62. The molecule has 0 aliphatic rings. The van der Waals surface area contributed by atoms with E-state index in [9.17, 15) is 28.8 Å². The first-order valence-electron chi connectivity index (χ1n) is 48.8. The molecule has 0 spiro atoms. The minimum absolute atomic E-state index is 0.0366. The van der Waals surface area contributed by atoms with Crippen molar-refractivity contribution >= 4 is 35.8 Å². The lowest BCUT2D eigenvalue weighted by molar-refractivity contribution is -0.167. The molecule has 0 aromatic heterocycles. The minimum atomic E-state index is -0.828. The Morgan fingerprint density at radius 1 is 0.225 bits per heavy atom. The van der Waals surface area contributed by atoms with Gasteiger partial charge in [0.25, 0.3) is 0 Å². The van der Waals surface area contributed by atoms with Gasteiger partial charge in [0.05, 0.1) is 12.5 Å². The van der Waals surface area contributed by atoms with E-state index in [0.29, 0.717) is 38.5 Å². The predicted octanol–water partition coefficient (Wildman–Crippen LogP) is 30.7. The van der Waals surface area contributed by atoms with E-state index in [2.05, 4.69) is 52.0 Å². The maximum absolute atomic E-state index is 13.9. The molecule has 0 fully saturated rings. The van der Waals surface area contributed by atoms with Crippen LogP contribution >= 0.6 is 0 Å². The first kappa shape index (κ1) is 107. The minimum Gasteiger partial charge on any atom is -0.465 e. The van der Waals surface area contributed by atoms with Crippen molar-refractivity contribution in [3.8, 4) is 0 Å². The largest absolute Gasteiger partial charge is 0.465 e. The van der Waals surface area contributed by atoms with Crippen LogP contribution in [0.1, 0.15) is 523 Å². The lowest BCUT2D eigenvalue weighted by Crippen LogP contribution is -2.32. The Morgan fingerprint density at radius 2 is 0.432 bits per heavy atom. The van der Waals surface area contributed by atoms with Crippen LogP contribution in [0.3, 0.4) is 0 Å². The van der Waals surface area contributed by atoms with Gasteiger partial charge in [0, 0.05) is 38.0 Å². The Morgan fingerprint density at radius 3 is 0.694 bits per heavy atom. The average Bonchev–Trinajstić information content (AvgIpc) is 0.888. The van der Waals surface area contributed by atoms with E-state index in [1.54, 1.807) is 6.92 Å². The number of ether oxygens (including phenoxy) is 6. The molecule has 0 aromatic rings. The highest BCUT2D eigenvalue weighted by Gasteiger charge is 2.29. The van der Waals surface area contributed by atoms with Crippen molar-refractivity contribution in [2.75, 3.05) is 26.4 Å². The van der Waals surface area contributed by atoms with Crippen molar-refractivity contribution in [1.29, 1.82) is 0 Å². The van der Waals surface area contributed by atoms with Gasteiger partial charge in [-0.3, -0.25) is 28.8 Å². The van der Waals surface area contributed by atoms with Gasteiger partial charge in [0.2, 0.25) is 0 Å². The maximum atomic E-state index is 13.9. The zero-order valence-electron chi connectivity index (χ0n) is 74.4. The summed E-state index contributed by atoms with van der Waals surface area (Å²) < 4.78 is 34.4. The standard InChI is InChI=1S/C99H184O12/c1-7-11-15-19-23-27-31-35-39-45-51-57-63-69-75-81-94(100)106-86-90(5)93(99(105)110-91(6)87-107-95(101)82-76-70-64-58-52-46-40-36-32-28-24-20-16-12-8-2)80-74-68-62-56-50-44-43-49-55-61-67-73-79-85-98(104)111-92(88-108-96(102)83-77-71-65-59-53-47-41-37-33-29-25-21-17-13-9-3)89-109-97(103)84-78-72-66-60-54-48-42-38-34-30-26-22-18-14-10-4/h37,41,43-44,90-93H,7-36,38-40,42,45-89H2,1-6H3. The van der Waals surface area contributed by atoms with Gasteiger partial charge in [-0.1, -0.05) is 418 Å². The third-order valence-corrected chi connectivity index (χ3v) is 22.6. The number of esters is 6. The molecule has 0 rings (SSSR count). The highest BCUT2D eigenvalue weighted by Crippen LogP contribution is 2.25. The molecule has 0 saturated heterocycles. The van der Waals surface area contributed by atoms with Crippen LogP contribution in [0.5, 0.6) is 0 Å². The fourth-order valence-electron chi connectivity index (χ4n) is 15.1. The predicted molar refractivity (Wildman–Crippen MR) is 469 cm³/mol. The summed E-state index contributed by atoms with van der Waals surface area (Å²) in [5.41, 5.74) is 0. The summed E-state index contributed by atoms with van der Waals surface area (Å²) in [7, 11) is 0. The fourth-order valence-corrected chi connectivity index (χ4v) is 15.1. The number of hydrogen-bond donors (Lipinski definition) is 0. The molecule has 0 aliphatic heterocycles. The van der Waals surface area contributed by atoms with Gasteiger partial charge in [0.15, 0.2) is 6.10 Å².